The molecule has 0 spiro atoms. The zero-order valence-electron chi connectivity index (χ0n) is 5.22. The Morgan fingerprint density at radius 3 is 2.38 bits per heavy atom. The van der Waals surface area contributed by atoms with Gasteiger partial charge in [0.1, 0.15) is 0 Å². The molecule has 0 bridgehead atoms. The van der Waals surface area contributed by atoms with Crippen LogP contribution in [0.1, 0.15) is 26.2 Å². The lowest BCUT2D eigenvalue weighted by atomic mass is 10.1. The van der Waals surface area contributed by atoms with Crippen LogP contribution in [0.5, 0.6) is 0 Å². The summed E-state index contributed by atoms with van der Waals surface area (Å²) in [5.74, 6) is 0. The van der Waals surface area contributed by atoms with E-state index in [1.54, 1.807) is 0 Å². The number of hydrogen-bond donors (Lipinski definition) is 0. The van der Waals surface area contributed by atoms with Gasteiger partial charge < -0.3 is 4.74 Å². The summed E-state index contributed by atoms with van der Waals surface area (Å²) in [6, 6.07) is 0. The van der Waals surface area contributed by atoms with Crippen LogP contribution in [0, 0.1) is 0 Å². The van der Waals surface area contributed by atoms with Gasteiger partial charge in [-0.1, -0.05) is 0 Å². The fourth-order valence-electron chi connectivity index (χ4n) is 0.902. The molecular formula is C6H13ClO. The molecule has 2 heteroatoms. The van der Waals surface area contributed by atoms with Gasteiger partial charge in [0, 0.05) is 6.61 Å². The molecule has 50 valence electrons. The third kappa shape index (κ3) is 2.53. The summed E-state index contributed by atoms with van der Waals surface area (Å²) in [6.45, 7) is 3.13. The van der Waals surface area contributed by atoms with Gasteiger partial charge in [-0.25, -0.2) is 0 Å². The van der Waals surface area contributed by atoms with Gasteiger partial charge in [-0.05, 0) is 26.2 Å². The van der Waals surface area contributed by atoms with Gasteiger partial charge in [0.2, 0.25) is 0 Å². The summed E-state index contributed by atoms with van der Waals surface area (Å²) < 4.78 is 5.28. The van der Waals surface area contributed by atoms with E-state index in [1.807, 2.05) is 0 Å². The zero-order valence-corrected chi connectivity index (χ0v) is 6.04. The lowest BCUT2D eigenvalue weighted by Gasteiger charge is -2.17. The van der Waals surface area contributed by atoms with Gasteiger partial charge in [0.25, 0.3) is 0 Å². The maximum absolute atomic E-state index is 5.28. The Morgan fingerprint density at radius 2 is 2.12 bits per heavy atom. The first-order valence-electron chi connectivity index (χ1n) is 3.01. The molecule has 8 heavy (non-hydrogen) atoms. The van der Waals surface area contributed by atoms with Crippen molar-refractivity contribution < 1.29 is 4.74 Å². The Hall–Kier alpha value is 0.250. The topological polar surface area (TPSA) is 9.23 Å². The van der Waals surface area contributed by atoms with Gasteiger partial charge in [-0.15, -0.1) is 12.4 Å². The highest BCUT2D eigenvalue weighted by atomic mass is 35.5. The Bertz CT molecular complexity index is 50.5. The summed E-state index contributed by atoms with van der Waals surface area (Å²) in [5, 5.41) is 0. The largest absolute Gasteiger partial charge is 0.379 e. The number of rotatable bonds is 0. The van der Waals surface area contributed by atoms with Crippen molar-refractivity contribution >= 4 is 12.4 Å². The molecule has 1 atom stereocenters. The number of ether oxygens (including phenoxy) is 1. The summed E-state index contributed by atoms with van der Waals surface area (Å²) in [4.78, 5) is 0. The van der Waals surface area contributed by atoms with E-state index in [2.05, 4.69) is 6.92 Å². The predicted molar refractivity (Wildman–Crippen MR) is 36.5 cm³/mol. The normalized spacial score (nSPS) is 28.9. The summed E-state index contributed by atoms with van der Waals surface area (Å²) in [7, 11) is 0. The molecule has 0 aromatic heterocycles. The smallest absolute Gasteiger partial charge is 0.0547 e. The lowest BCUT2D eigenvalue weighted by Crippen LogP contribution is -2.14. The van der Waals surface area contributed by atoms with Gasteiger partial charge in [-0.3, -0.25) is 0 Å². The SMILES string of the molecule is CC1CCCCO1.Cl. The third-order valence-corrected chi connectivity index (χ3v) is 1.41. The maximum Gasteiger partial charge on any atom is 0.0547 e. The average Bonchev–Trinajstić information content (AvgIpc) is 1.69. The van der Waals surface area contributed by atoms with Crippen LogP contribution in [0.15, 0.2) is 0 Å². The average molecular weight is 137 g/mol. The van der Waals surface area contributed by atoms with Crippen molar-refractivity contribution in [2.75, 3.05) is 6.61 Å². The van der Waals surface area contributed by atoms with E-state index in [9.17, 15) is 0 Å². The highest BCUT2D eigenvalue weighted by Gasteiger charge is 2.05. The molecule has 1 heterocycles. The monoisotopic (exact) mass is 136 g/mol. The van der Waals surface area contributed by atoms with E-state index in [4.69, 9.17) is 4.74 Å². The molecule has 1 unspecified atom stereocenters. The van der Waals surface area contributed by atoms with Crippen molar-refractivity contribution in [1.29, 1.82) is 0 Å². The highest BCUT2D eigenvalue weighted by molar-refractivity contribution is 5.85. The molecule has 0 aromatic carbocycles. The van der Waals surface area contributed by atoms with E-state index < -0.39 is 0 Å². The Morgan fingerprint density at radius 1 is 1.38 bits per heavy atom. The van der Waals surface area contributed by atoms with Crippen molar-refractivity contribution in [3.8, 4) is 0 Å². The Balaban J connectivity index is 0.000000490. The fourth-order valence-corrected chi connectivity index (χ4v) is 0.902. The van der Waals surface area contributed by atoms with Crippen LogP contribution in [0.3, 0.4) is 0 Å². The standard InChI is InChI=1S/C6H12O.ClH/c1-6-4-2-3-5-7-6;/h6H,2-5H2,1H3;1H. The fraction of sp³-hybridized carbons (Fsp3) is 1.00. The zero-order chi connectivity index (χ0) is 5.11. The van der Waals surface area contributed by atoms with E-state index in [0.29, 0.717) is 6.10 Å². The molecule has 1 rings (SSSR count). The first-order valence-corrected chi connectivity index (χ1v) is 3.01. The minimum Gasteiger partial charge on any atom is -0.379 e. The lowest BCUT2D eigenvalue weighted by molar-refractivity contribution is 0.0285. The Labute approximate surface area is 56.8 Å². The van der Waals surface area contributed by atoms with Gasteiger partial charge in [0.05, 0.1) is 6.10 Å². The molecule has 1 aliphatic heterocycles. The van der Waals surface area contributed by atoms with Crippen LogP contribution >= 0.6 is 12.4 Å². The van der Waals surface area contributed by atoms with Gasteiger partial charge in [0.15, 0.2) is 0 Å². The van der Waals surface area contributed by atoms with Crippen LogP contribution in [-0.4, -0.2) is 12.7 Å². The van der Waals surface area contributed by atoms with Crippen molar-refractivity contribution in [2.24, 2.45) is 0 Å². The highest BCUT2D eigenvalue weighted by Crippen LogP contribution is 2.10. The molecule has 1 nitrogen and oxygen atoms in total. The molecule has 1 aliphatic rings. The van der Waals surface area contributed by atoms with E-state index in [1.165, 1.54) is 19.3 Å². The van der Waals surface area contributed by atoms with Crippen molar-refractivity contribution in [3.05, 3.63) is 0 Å². The summed E-state index contributed by atoms with van der Waals surface area (Å²) in [6.07, 6.45) is 4.43. The second-order valence-electron chi connectivity index (χ2n) is 2.18. The molecule has 0 aliphatic carbocycles. The minimum absolute atomic E-state index is 0. The second-order valence-corrected chi connectivity index (χ2v) is 2.18. The molecule has 0 saturated carbocycles. The molecule has 0 amide bonds. The molecular weight excluding hydrogens is 124 g/mol. The summed E-state index contributed by atoms with van der Waals surface area (Å²) in [5.41, 5.74) is 0. The molecule has 0 aromatic rings. The number of halogens is 1. The maximum atomic E-state index is 5.28. The van der Waals surface area contributed by atoms with E-state index in [0.717, 1.165) is 6.61 Å². The van der Waals surface area contributed by atoms with Crippen LogP contribution in [0.4, 0.5) is 0 Å². The van der Waals surface area contributed by atoms with Crippen LogP contribution < -0.4 is 0 Å². The predicted octanol–water partition coefficient (Wildman–Crippen LogP) is 2.00. The second kappa shape index (κ2) is 4.16. The molecule has 0 radical (unpaired) electrons. The van der Waals surface area contributed by atoms with Crippen LogP contribution in [0.2, 0.25) is 0 Å². The molecule has 0 N–H and O–H groups in total. The van der Waals surface area contributed by atoms with Crippen molar-refractivity contribution in [3.63, 3.8) is 0 Å². The van der Waals surface area contributed by atoms with Crippen LogP contribution in [-0.2, 0) is 4.74 Å². The van der Waals surface area contributed by atoms with Gasteiger partial charge >= 0.3 is 0 Å². The van der Waals surface area contributed by atoms with Gasteiger partial charge in [-0.2, -0.15) is 0 Å². The summed E-state index contributed by atoms with van der Waals surface area (Å²) >= 11 is 0. The quantitative estimate of drug-likeness (QED) is 0.495. The first-order chi connectivity index (χ1) is 3.39. The molecule has 1 saturated heterocycles. The first kappa shape index (κ1) is 8.25. The van der Waals surface area contributed by atoms with E-state index >= 15 is 0 Å². The van der Waals surface area contributed by atoms with Crippen LogP contribution in [0.25, 0.3) is 0 Å². The van der Waals surface area contributed by atoms with Crippen molar-refractivity contribution in [2.45, 2.75) is 32.3 Å². The third-order valence-electron chi connectivity index (χ3n) is 1.41. The molecule has 1 fully saturated rings. The van der Waals surface area contributed by atoms with Crippen molar-refractivity contribution in [1.82, 2.24) is 0 Å². The van der Waals surface area contributed by atoms with E-state index in [-0.39, 0.29) is 12.4 Å². The Kier molecular flexibility index (Phi) is 4.29. The number of hydrogen-bond acceptors (Lipinski definition) is 1. The minimum atomic E-state index is 0.